The molecule has 0 N–H and O–H groups in total. The minimum Gasteiger partial charge on any atom is -0.0991 e. The molecule has 2 aliphatic rings. The SMILES string of the molecule is C=C/C=C\C1=C(C)C(C)=C(/C=C(/Br)C=C)C12c1ccccc1-c1ccc(Br)cc12. The first kappa shape index (κ1) is 20.1. The number of hydrogen-bond acceptors (Lipinski definition) is 0. The van der Waals surface area contributed by atoms with Gasteiger partial charge in [0.05, 0.1) is 5.41 Å². The van der Waals surface area contributed by atoms with Crippen molar-refractivity contribution in [3.63, 3.8) is 0 Å². The van der Waals surface area contributed by atoms with E-state index in [0.717, 1.165) is 8.96 Å². The van der Waals surface area contributed by atoms with Gasteiger partial charge in [-0.1, -0.05) is 99.7 Å². The summed E-state index contributed by atoms with van der Waals surface area (Å²) in [6.45, 7) is 12.3. The predicted molar refractivity (Wildman–Crippen MR) is 132 cm³/mol. The predicted octanol–water partition coefficient (Wildman–Crippen LogP) is 8.57. The number of benzene rings is 2. The van der Waals surface area contributed by atoms with Crippen LogP contribution in [0.5, 0.6) is 0 Å². The van der Waals surface area contributed by atoms with E-state index < -0.39 is 0 Å². The fourth-order valence-corrected chi connectivity index (χ4v) is 5.36. The maximum atomic E-state index is 3.95. The molecular weight excluding hydrogens is 484 g/mol. The van der Waals surface area contributed by atoms with Crippen LogP contribution in [-0.2, 0) is 5.41 Å². The van der Waals surface area contributed by atoms with E-state index in [1.165, 1.54) is 44.5 Å². The highest BCUT2D eigenvalue weighted by molar-refractivity contribution is 9.12. The maximum Gasteiger partial charge on any atom is 0.0719 e. The number of fused-ring (bicyclic) bond motifs is 5. The van der Waals surface area contributed by atoms with Gasteiger partial charge in [0.15, 0.2) is 0 Å². The van der Waals surface area contributed by atoms with Crippen LogP contribution in [0, 0.1) is 0 Å². The van der Waals surface area contributed by atoms with E-state index >= 15 is 0 Å². The summed E-state index contributed by atoms with van der Waals surface area (Å²) in [7, 11) is 0. The first-order chi connectivity index (χ1) is 14.0. The van der Waals surface area contributed by atoms with E-state index in [1.807, 2.05) is 18.2 Å². The number of hydrogen-bond donors (Lipinski definition) is 0. The van der Waals surface area contributed by atoms with Crippen molar-refractivity contribution in [2.75, 3.05) is 0 Å². The number of rotatable bonds is 4. The Hall–Kier alpha value is -2.16. The second-order valence-corrected chi connectivity index (χ2v) is 9.22. The van der Waals surface area contributed by atoms with Crippen molar-refractivity contribution in [1.29, 1.82) is 0 Å². The van der Waals surface area contributed by atoms with Crippen molar-refractivity contribution in [3.8, 4) is 11.1 Å². The van der Waals surface area contributed by atoms with Gasteiger partial charge < -0.3 is 0 Å². The summed E-state index contributed by atoms with van der Waals surface area (Å²) in [5.41, 5.74) is 10.1. The van der Waals surface area contributed by atoms with E-state index in [9.17, 15) is 0 Å². The first-order valence-corrected chi connectivity index (χ1v) is 11.2. The highest BCUT2D eigenvalue weighted by atomic mass is 79.9. The molecule has 0 saturated carbocycles. The Morgan fingerprint density at radius 2 is 1.62 bits per heavy atom. The van der Waals surface area contributed by atoms with Crippen molar-refractivity contribution >= 4 is 31.9 Å². The standard InChI is InChI=1S/C27H22Br2/c1-5-7-11-23-17(3)18(4)25(15-19(28)6-2)27(23)24-12-9-8-10-21(24)22-14-13-20(29)16-26(22)27/h5-16H,1-2H2,3-4H3/b11-7-,19-15+. The monoisotopic (exact) mass is 504 g/mol. The van der Waals surface area contributed by atoms with Crippen LogP contribution >= 0.6 is 31.9 Å². The van der Waals surface area contributed by atoms with Crippen LogP contribution in [0.3, 0.4) is 0 Å². The highest BCUT2D eigenvalue weighted by Gasteiger charge is 2.51. The molecule has 2 heteroatoms. The highest BCUT2D eigenvalue weighted by Crippen LogP contribution is 2.62. The maximum absolute atomic E-state index is 3.95. The van der Waals surface area contributed by atoms with Gasteiger partial charge in [-0.25, -0.2) is 0 Å². The van der Waals surface area contributed by atoms with E-state index in [2.05, 4.69) is 113 Å². The van der Waals surface area contributed by atoms with Crippen molar-refractivity contribution < 1.29 is 0 Å². The van der Waals surface area contributed by atoms with E-state index in [1.54, 1.807) is 0 Å². The second-order valence-electron chi connectivity index (χ2n) is 7.39. The van der Waals surface area contributed by atoms with Crippen LogP contribution in [0.2, 0.25) is 0 Å². The summed E-state index contributed by atoms with van der Waals surface area (Å²) in [6.07, 6.45) is 10.2. The van der Waals surface area contributed by atoms with Gasteiger partial charge in [-0.2, -0.15) is 0 Å². The molecule has 29 heavy (non-hydrogen) atoms. The van der Waals surface area contributed by atoms with Gasteiger partial charge in [-0.15, -0.1) is 0 Å². The lowest BCUT2D eigenvalue weighted by Crippen LogP contribution is -2.27. The Morgan fingerprint density at radius 3 is 2.34 bits per heavy atom. The molecule has 0 radical (unpaired) electrons. The lowest BCUT2D eigenvalue weighted by molar-refractivity contribution is 0.776. The number of allylic oxidation sites excluding steroid dienone is 10. The summed E-state index contributed by atoms with van der Waals surface area (Å²) >= 11 is 7.40. The van der Waals surface area contributed by atoms with Gasteiger partial charge in [0, 0.05) is 8.96 Å². The Kier molecular flexibility index (Phi) is 5.27. The molecule has 0 heterocycles. The molecule has 0 fully saturated rings. The lowest BCUT2D eigenvalue weighted by Gasteiger charge is -2.33. The van der Waals surface area contributed by atoms with Crippen molar-refractivity contribution in [1.82, 2.24) is 0 Å². The van der Waals surface area contributed by atoms with Crippen molar-refractivity contribution in [2.24, 2.45) is 0 Å². The molecule has 1 spiro atoms. The minimum absolute atomic E-state index is 0.356. The molecule has 4 rings (SSSR count). The largest absolute Gasteiger partial charge is 0.0991 e. The van der Waals surface area contributed by atoms with E-state index in [-0.39, 0.29) is 5.41 Å². The van der Waals surface area contributed by atoms with Crippen LogP contribution in [0.4, 0.5) is 0 Å². The molecule has 0 aromatic heterocycles. The van der Waals surface area contributed by atoms with Crippen LogP contribution in [0.25, 0.3) is 11.1 Å². The Balaban J connectivity index is 2.20. The molecule has 0 nitrogen and oxygen atoms in total. The molecule has 1 atom stereocenters. The molecular formula is C27H22Br2. The normalized spacial score (nSPS) is 20.6. The molecule has 0 aliphatic heterocycles. The Morgan fingerprint density at radius 1 is 0.931 bits per heavy atom. The number of halogens is 2. The molecule has 0 saturated heterocycles. The minimum atomic E-state index is -0.356. The van der Waals surface area contributed by atoms with Crippen LogP contribution in [0.1, 0.15) is 25.0 Å². The molecule has 2 aliphatic carbocycles. The smallest absolute Gasteiger partial charge is 0.0719 e. The molecule has 0 amide bonds. The van der Waals surface area contributed by atoms with Crippen molar-refractivity contribution in [3.05, 3.63) is 128 Å². The fourth-order valence-electron chi connectivity index (χ4n) is 4.77. The molecule has 0 bridgehead atoms. The average molecular weight is 506 g/mol. The quantitative estimate of drug-likeness (QED) is 0.365. The zero-order chi connectivity index (χ0) is 20.8. The van der Waals surface area contributed by atoms with Crippen molar-refractivity contribution in [2.45, 2.75) is 19.3 Å². The Labute approximate surface area is 190 Å². The topological polar surface area (TPSA) is 0 Å². The van der Waals surface area contributed by atoms with Gasteiger partial charge in [-0.05, 0) is 76.6 Å². The third-order valence-electron chi connectivity index (χ3n) is 6.06. The summed E-state index contributed by atoms with van der Waals surface area (Å²) in [6, 6.07) is 15.4. The summed E-state index contributed by atoms with van der Waals surface area (Å²) < 4.78 is 2.07. The van der Waals surface area contributed by atoms with E-state index in [4.69, 9.17) is 0 Å². The van der Waals surface area contributed by atoms with Gasteiger partial charge in [0.1, 0.15) is 0 Å². The zero-order valence-electron chi connectivity index (χ0n) is 16.6. The van der Waals surface area contributed by atoms with Gasteiger partial charge in [0.25, 0.3) is 0 Å². The molecule has 2 aromatic rings. The Bertz CT molecular complexity index is 1170. The van der Waals surface area contributed by atoms with Gasteiger partial charge in [0.2, 0.25) is 0 Å². The lowest BCUT2D eigenvalue weighted by atomic mass is 9.68. The summed E-state index contributed by atoms with van der Waals surface area (Å²) in [5, 5.41) is 0. The zero-order valence-corrected chi connectivity index (χ0v) is 19.8. The van der Waals surface area contributed by atoms with Crippen LogP contribution in [0.15, 0.2) is 117 Å². The summed E-state index contributed by atoms with van der Waals surface area (Å²) in [4.78, 5) is 0. The fraction of sp³-hybridized carbons (Fsp3) is 0.111. The van der Waals surface area contributed by atoms with Crippen LogP contribution in [-0.4, -0.2) is 0 Å². The third-order valence-corrected chi connectivity index (χ3v) is 7.11. The third kappa shape index (κ3) is 2.85. The summed E-state index contributed by atoms with van der Waals surface area (Å²) in [5.74, 6) is 0. The second kappa shape index (κ2) is 7.59. The van der Waals surface area contributed by atoms with Gasteiger partial charge >= 0.3 is 0 Å². The first-order valence-electron chi connectivity index (χ1n) is 9.58. The van der Waals surface area contributed by atoms with Crippen LogP contribution < -0.4 is 0 Å². The van der Waals surface area contributed by atoms with Gasteiger partial charge in [-0.3, -0.25) is 0 Å². The van der Waals surface area contributed by atoms with E-state index in [0.29, 0.717) is 0 Å². The molecule has 1 unspecified atom stereocenters. The molecule has 144 valence electrons. The average Bonchev–Trinajstić information content (AvgIpc) is 3.12. The molecule has 2 aromatic carbocycles.